The van der Waals surface area contributed by atoms with Gasteiger partial charge in [0.25, 0.3) is 0 Å². The van der Waals surface area contributed by atoms with E-state index in [1.165, 1.54) is 6.07 Å². The second-order valence-electron chi connectivity index (χ2n) is 6.91. The van der Waals surface area contributed by atoms with Crippen molar-refractivity contribution in [1.82, 2.24) is 10.2 Å². The summed E-state index contributed by atoms with van der Waals surface area (Å²) in [5.74, 6) is -1.22. The summed E-state index contributed by atoms with van der Waals surface area (Å²) in [5, 5.41) is 31.4. The number of Topliss-reactive ketones (excluding diaryl/α,β-unsaturated/α-hetero) is 1. The number of carbonyl (C=O) groups excluding carboxylic acids is 2. The number of anilines is 1. The molecule has 0 radical (unpaired) electrons. The number of carbonyl (C=O) groups is 2. The van der Waals surface area contributed by atoms with Crippen LogP contribution in [-0.4, -0.2) is 42.1 Å². The molecule has 11 heteroatoms. The standard InChI is InChI=1S/C20H17N3O5S3/c1-10-7-12-16(21-18(10)27)13(24)8-15(17(12)26)29-19-22-23-20(30-19)31(28)9-14(25)11-5-3-2-4-6-11/h2-6,8,10,24,26H,7,9H2,1H3,(H,21,27). The van der Waals surface area contributed by atoms with E-state index in [0.29, 0.717) is 26.8 Å². The highest BCUT2D eigenvalue weighted by atomic mass is 32.2. The van der Waals surface area contributed by atoms with Crippen LogP contribution in [0.5, 0.6) is 11.5 Å². The van der Waals surface area contributed by atoms with Crippen LogP contribution in [-0.2, 0) is 22.0 Å². The Labute approximate surface area is 188 Å². The molecule has 4 rings (SSSR count). The average molecular weight is 476 g/mol. The zero-order chi connectivity index (χ0) is 22.1. The Bertz CT molecular complexity index is 1200. The molecule has 0 fully saturated rings. The second kappa shape index (κ2) is 8.77. The lowest BCUT2D eigenvalue weighted by atomic mass is 9.93. The lowest BCUT2D eigenvalue weighted by Crippen LogP contribution is -2.27. The van der Waals surface area contributed by atoms with Gasteiger partial charge in [0.2, 0.25) is 10.2 Å². The number of nitrogens with zero attached hydrogens (tertiary/aromatic N) is 2. The minimum atomic E-state index is -1.65. The molecule has 8 nitrogen and oxygen atoms in total. The van der Waals surface area contributed by atoms with Gasteiger partial charge in [0.05, 0.1) is 27.1 Å². The molecule has 2 aromatic carbocycles. The lowest BCUT2D eigenvalue weighted by Gasteiger charge is -2.24. The van der Waals surface area contributed by atoms with Gasteiger partial charge in [0.1, 0.15) is 11.5 Å². The molecule has 0 saturated heterocycles. The van der Waals surface area contributed by atoms with Crippen molar-refractivity contribution in [2.45, 2.75) is 26.9 Å². The van der Waals surface area contributed by atoms with Crippen LogP contribution < -0.4 is 5.32 Å². The fourth-order valence-electron chi connectivity index (χ4n) is 3.06. The smallest absolute Gasteiger partial charge is 0.227 e. The summed E-state index contributed by atoms with van der Waals surface area (Å²) in [4.78, 5) is 24.5. The number of fused-ring (bicyclic) bond motifs is 1. The third-order valence-electron chi connectivity index (χ3n) is 4.69. The fourth-order valence-corrected chi connectivity index (χ4v) is 6.31. The van der Waals surface area contributed by atoms with E-state index >= 15 is 0 Å². The summed E-state index contributed by atoms with van der Waals surface area (Å²) in [6.07, 6.45) is 0.294. The number of phenolic OH excluding ortho intramolecular Hbond substituents is 2. The number of aromatic hydroxyl groups is 2. The molecule has 2 atom stereocenters. The Kier molecular flexibility index (Phi) is 6.08. The van der Waals surface area contributed by atoms with Gasteiger partial charge in [-0.1, -0.05) is 60.4 Å². The Morgan fingerprint density at radius 3 is 2.77 bits per heavy atom. The molecule has 2 heterocycles. The van der Waals surface area contributed by atoms with Gasteiger partial charge in [-0.3, -0.25) is 13.8 Å². The maximum absolute atomic E-state index is 12.5. The van der Waals surface area contributed by atoms with E-state index in [9.17, 15) is 24.0 Å². The van der Waals surface area contributed by atoms with Crippen LogP contribution in [0.15, 0.2) is 50.0 Å². The minimum absolute atomic E-state index is 0.0539. The predicted molar refractivity (Wildman–Crippen MR) is 117 cm³/mol. The number of hydrogen-bond donors (Lipinski definition) is 3. The van der Waals surface area contributed by atoms with E-state index in [0.717, 1.165) is 23.1 Å². The summed E-state index contributed by atoms with van der Waals surface area (Å²) < 4.78 is 13.1. The molecule has 0 bridgehead atoms. The Hall–Kier alpha value is -2.76. The van der Waals surface area contributed by atoms with Crippen LogP contribution in [0.4, 0.5) is 5.69 Å². The average Bonchev–Trinajstić information content (AvgIpc) is 3.22. The fraction of sp³-hybridized carbons (Fsp3) is 0.200. The van der Waals surface area contributed by atoms with Gasteiger partial charge < -0.3 is 15.5 Å². The molecule has 3 N–H and O–H groups in total. The van der Waals surface area contributed by atoms with Gasteiger partial charge in [-0.2, -0.15) is 0 Å². The highest BCUT2D eigenvalue weighted by Gasteiger charge is 2.29. The summed E-state index contributed by atoms with van der Waals surface area (Å²) in [6.45, 7) is 1.73. The number of nitrogens with one attached hydrogen (secondary N) is 1. The number of ketones is 1. The molecule has 0 aliphatic carbocycles. The van der Waals surface area contributed by atoms with E-state index in [-0.39, 0.29) is 44.9 Å². The van der Waals surface area contributed by atoms with Crippen molar-refractivity contribution in [1.29, 1.82) is 0 Å². The lowest BCUT2D eigenvalue weighted by molar-refractivity contribution is -0.119. The van der Waals surface area contributed by atoms with Gasteiger partial charge >= 0.3 is 0 Å². The van der Waals surface area contributed by atoms with E-state index in [4.69, 9.17) is 0 Å². The number of benzene rings is 2. The number of aromatic nitrogens is 2. The van der Waals surface area contributed by atoms with E-state index in [2.05, 4.69) is 15.5 Å². The summed E-state index contributed by atoms with van der Waals surface area (Å²) in [6, 6.07) is 9.94. The topological polar surface area (TPSA) is 129 Å². The Morgan fingerprint density at radius 2 is 2.03 bits per heavy atom. The molecule has 0 spiro atoms. The zero-order valence-corrected chi connectivity index (χ0v) is 18.6. The van der Waals surface area contributed by atoms with Crippen LogP contribution >= 0.6 is 23.1 Å². The maximum Gasteiger partial charge on any atom is 0.227 e. The summed E-state index contributed by atoms with van der Waals surface area (Å²) >= 11 is 2.11. The molecular weight excluding hydrogens is 458 g/mol. The molecule has 2 unspecified atom stereocenters. The molecule has 160 valence electrons. The first-order valence-electron chi connectivity index (χ1n) is 9.20. The third kappa shape index (κ3) is 4.48. The molecular formula is C20H17N3O5S3. The zero-order valence-electron chi connectivity index (χ0n) is 16.2. The predicted octanol–water partition coefficient (Wildman–Crippen LogP) is 3.22. The van der Waals surface area contributed by atoms with Crippen LogP contribution in [0.1, 0.15) is 22.8 Å². The first-order valence-corrected chi connectivity index (χ1v) is 12.1. The molecule has 1 amide bonds. The van der Waals surface area contributed by atoms with Crippen LogP contribution in [0, 0.1) is 5.92 Å². The Morgan fingerprint density at radius 1 is 1.29 bits per heavy atom. The normalized spacial score (nSPS) is 16.4. The quantitative estimate of drug-likeness (QED) is 0.282. The van der Waals surface area contributed by atoms with E-state index < -0.39 is 10.8 Å². The second-order valence-corrected chi connectivity index (χ2v) is 10.8. The number of amides is 1. The molecule has 1 aromatic heterocycles. The molecule has 31 heavy (non-hydrogen) atoms. The maximum atomic E-state index is 12.5. The van der Waals surface area contributed by atoms with Gasteiger partial charge in [-0.05, 0) is 12.5 Å². The third-order valence-corrected chi connectivity index (χ3v) is 8.29. The monoisotopic (exact) mass is 475 g/mol. The molecule has 3 aromatic rings. The molecule has 1 aliphatic heterocycles. The van der Waals surface area contributed by atoms with Crippen molar-refractivity contribution in [3.8, 4) is 11.5 Å². The van der Waals surface area contributed by atoms with E-state index in [1.54, 1.807) is 37.3 Å². The highest BCUT2D eigenvalue weighted by molar-refractivity contribution is 8.01. The van der Waals surface area contributed by atoms with Crippen molar-refractivity contribution in [3.05, 3.63) is 47.5 Å². The summed E-state index contributed by atoms with van der Waals surface area (Å²) in [5.41, 5.74) is 1.14. The van der Waals surface area contributed by atoms with Crippen molar-refractivity contribution in [3.63, 3.8) is 0 Å². The van der Waals surface area contributed by atoms with Crippen molar-refractivity contribution in [2.24, 2.45) is 5.92 Å². The number of rotatable bonds is 6. The van der Waals surface area contributed by atoms with Crippen LogP contribution in [0.3, 0.4) is 0 Å². The first-order chi connectivity index (χ1) is 14.8. The SMILES string of the molecule is CC1Cc2c(O)c(Sc3nnc(S(=O)CC(=O)c4ccccc4)s3)cc(O)c2NC1=O. The van der Waals surface area contributed by atoms with Gasteiger partial charge in [-0.15, -0.1) is 10.2 Å². The number of phenols is 2. The van der Waals surface area contributed by atoms with Crippen molar-refractivity contribution >= 4 is 51.3 Å². The highest BCUT2D eigenvalue weighted by Crippen LogP contribution is 2.47. The van der Waals surface area contributed by atoms with Crippen molar-refractivity contribution < 1.29 is 24.0 Å². The summed E-state index contributed by atoms with van der Waals surface area (Å²) in [7, 11) is -1.65. The minimum Gasteiger partial charge on any atom is -0.506 e. The van der Waals surface area contributed by atoms with Crippen LogP contribution in [0.25, 0.3) is 0 Å². The Balaban J connectivity index is 1.51. The van der Waals surface area contributed by atoms with Gasteiger partial charge in [-0.25, -0.2) is 0 Å². The largest absolute Gasteiger partial charge is 0.506 e. The van der Waals surface area contributed by atoms with E-state index in [1.807, 2.05) is 0 Å². The number of hydrogen-bond acceptors (Lipinski definition) is 9. The van der Waals surface area contributed by atoms with Gasteiger partial charge in [0, 0.05) is 17.0 Å². The van der Waals surface area contributed by atoms with Crippen LogP contribution in [0.2, 0.25) is 0 Å². The first kappa shape index (κ1) is 21.5. The van der Waals surface area contributed by atoms with Gasteiger partial charge in [0.15, 0.2) is 10.1 Å². The van der Waals surface area contributed by atoms with Crippen molar-refractivity contribution in [2.75, 3.05) is 11.1 Å². The molecule has 1 aliphatic rings. The molecule has 0 saturated carbocycles.